The first kappa shape index (κ1) is 7.07. The fourth-order valence-corrected chi connectivity index (χ4v) is 1.77. The predicted molar refractivity (Wildman–Crippen MR) is 40.2 cm³/mol. The van der Waals surface area contributed by atoms with E-state index in [2.05, 4.69) is 6.92 Å². The van der Waals surface area contributed by atoms with E-state index in [-0.39, 0.29) is 0 Å². The van der Waals surface area contributed by atoms with Crippen molar-refractivity contribution in [2.45, 2.75) is 32.6 Å². The Labute approximate surface area is 57.6 Å². The Balaban J connectivity index is 2.23. The van der Waals surface area contributed by atoms with Gasteiger partial charge in [-0.1, -0.05) is 19.8 Å². The molecule has 9 heavy (non-hydrogen) atoms. The second-order valence-electron chi connectivity index (χ2n) is 3.37. The molecule has 1 heteroatoms. The Hall–Kier alpha value is -0.0400. The van der Waals surface area contributed by atoms with Gasteiger partial charge >= 0.3 is 0 Å². The minimum absolute atomic E-state index is 0.841. The standard InChI is InChI=1S/C8H17N/c1-7-3-2-4-8(5-7)6-9/h7-8H,2-6,9H2,1H3/t7-,8-/m1/s1. The monoisotopic (exact) mass is 127 g/mol. The summed E-state index contributed by atoms with van der Waals surface area (Å²) in [7, 11) is 0. The van der Waals surface area contributed by atoms with Gasteiger partial charge in [-0.25, -0.2) is 0 Å². The molecule has 2 atom stereocenters. The number of hydrogen-bond acceptors (Lipinski definition) is 1. The third kappa shape index (κ3) is 1.98. The van der Waals surface area contributed by atoms with Crippen LogP contribution in [0.25, 0.3) is 0 Å². The molecule has 1 fully saturated rings. The molecule has 1 saturated carbocycles. The molecule has 0 unspecified atom stereocenters. The average Bonchev–Trinajstić information content (AvgIpc) is 1.88. The maximum atomic E-state index is 5.57. The van der Waals surface area contributed by atoms with Crippen molar-refractivity contribution in [2.24, 2.45) is 17.6 Å². The van der Waals surface area contributed by atoms with Gasteiger partial charge < -0.3 is 5.73 Å². The zero-order valence-corrected chi connectivity index (χ0v) is 6.27. The van der Waals surface area contributed by atoms with Crippen LogP contribution >= 0.6 is 0 Å². The molecule has 0 saturated heterocycles. The molecule has 2 N–H and O–H groups in total. The van der Waals surface area contributed by atoms with Crippen LogP contribution in [0, 0.1) is 11.8 Å². The highest BCUT2D eigenvalue weighted by atomic mass is 14.5. The molecule has 0 radical (unpaired) electrons. The summed E-state index contributed by atoms with van der Waals surface area (Å²) >= 11 is 0. The SMILES string of the molecule is C[C@@H]1CCC[C@@H](CN)C1. The summed E-state index contributed by atoms with van der Waals surface area (Å²) < 4.78 is 0. The van der Waals surface area contributed by atoms with Crippen molar-refractivity contribution in [1.82, 2.24) is 0 Å². The van der Waals surface area contributed by atoms with Crippen LogP contribution in [0.15, 0.2) is 0 Å². The summed E-state index contributed by atoms with van der Waals surface area (Å²) in [6.45, 7) is 3.24. The van der Waals surface area contributed by atoms with Gasteiger partial charge in [-0.05, 0) is 31.2 Å². The van der Waals surface area contributed by atoms with E-state index in [1.54, 1.807) is 0 Å². The lowest BCUT2D eigenvalue weighted by Crippen LogP contribution is -2.20. The molecule has 0 aromatic carbocycles. The van der Waals surface area contributed by atoms with Gasteiger partial charge in [-0.15, -0.1) is 0 Å². The topological polar surface area (TPSA) is 26.0 Å². The van der Waals surface area contributed by atoms with E-state index in [4.69, 9.17) is 5.73 Å². The Morgan fingerprint density at radius 1 is 1.44 bits per heavy atom. The van der Waals surface area contributed by atoms with Crippen molar-refractivity contribution in [3.63, 3.8) is 0 Å². The molecule has 1 nitrogen and oxygen atoms in total. The van der Waals surface area contributed by atoms with Crippen LogP contribution in [-0.4, -0.2) is 6.54 Å². The number of rotatable bonds is 1. The van der Waals surface area contributed by atoms with E-state index in [9.17, 15) is 0 Å². The molecule has 1 rings (SSSR count). The van der Waals surface area contributed by atoms with E-state index in [1.165, 1.54) is 25.7 Å². The van der Waals surface area contributed by atoms with Gasteiger partial charge in [0.15, 0.2) is 0 Å². The zero-order chi connectivity index (χ0) is 6.69. The Bertz CT molecular complexity index is 80.6. The lowest BCUT2D eigenvalue weighted by Gasteiger charge is -2.25. The molecule has 0 heterocycles. The van der Waals surface area contributed by atoms with Gasteiger partial charge in [0, 0.05) is 0 Å². The van der Waals surface area contributed by atoms with Crippen LogP contribution in [0.5, 0.6) is 0 Å². The molecule has 1 aliphatic rings. The maximum absolute atomic E-state index is 5.57. The summed E-state index contributed by atoms with van der Waals surface area (Å²) in [5.41, 5.74) is 5.57. The van der Waals surface area contributed by atoms with Crippen LogP contribution in [0.4, 0.5) is 0 Å². The molecule has 0 bridgehead atoms. The third-order valence-corrected chi connectivity index (χ3v) is 2.38. The van der Waals surface area contributed by atoms with Gasteiger partial charge in [0.05, 0.1) is 0 Å². The van der Waals surface area contributed by atoms with E-state index < -0.39 is 0 Å². The first-order valence-electron chi connectivity index (χ1n) is 4.03. The molecule has 54 valence electrons. The van der Waals surface area contributed by atoms with Crippen LogP contribution in [-0.2, 0) is 0 Å². The largest absolute Gasteiger partial charge is 0.330 e. The van der Waals surface area contributed by atoms with Crippen molar-refractivity contribution in [1.29, 1.82) is 0 Å². The van der Waals surface area contributed by atoms with Crippen molar-refractivity contribution >= 4 is 0 Å². The van der Waals surface area contributed by atoms with Crippen molar-refractivity contribution in [3.8, 4) is 0 Å². The predicted octanol–water partition coefficient (Wildman–Crippen LogP) is 1.77. The van der Waals surface area contributed by atoms with Gasteiger partial charge in [0.2, 0.25) is 0 Å². The van der Waals surface area contributed by atoms with Gasteiger partial charge in [0.1, 0.15) is 0 Å². The molecule has 0 spiro atoms. The van der Waals surface area contributed by atoms with Gasteiger partial charge in [0.25, 0.3) is 0 Å². The minimum Gasteiger partial charge on any atom is -0.330 e. The highest BCUT2D eigenvalue weighted by Crippen LogP contribution is 2.27. The lowest BCUT2D eigenvalue weighted by atomic mass is 9.83. The second kappa shape index (κ2) is 3.21. The number of hydrogen-bond donors (Lipinski definition) is 1. The fraction of sp³-hybridized carbons (Fsp3) is 1.00. The van der Waals surface area contributed by atoms with E-state index in [0.717, 1.165) is 18.4 Å². The van der Waals surface area contributed by atoms with Gasteiger partial charge in [-0.2, -0.15) is 0 Å². The molecular weight excluding hydrogens is 110 g/mol. The van der Waals surface area contributed by atoms with Gasteiger partial charge in [-0.3, -0.25) is 0 Å². The molecule has 0 aliphatic heterocycles. The summed E-state index contributed by atoms with van der Waals surface area (Å²) in [5, 5.41) is 0. The maximum Gasteiger partial charge on any atom is -0.00488 e. The van der Waals surface area contributed by atoms with Crippen molar-refractivity contribution in [3.05, 3.63) is 0 Å². The van der Waals surface area contributed by atoms with E-state index in [1.807, 2.05) is 0 Å². The zero-order valence-electron chi connectivity index (χ0n) is 6.27. The van der Waals surface area contributed by atoms with Crippen LogP contribution in [0.1, 0.15) is 32.6 Å². The van der Waals surface area contributed by atoms with Crippen LogP contribution in [0.3, 0.4) is 0 Å². The van der Waals surface area contributed by atoms with E-state index >= 15 is 0 Å². The smallest absolute Gasteiger partial charge is 0.00488 e. The Morgan fingerprint density at radius 3 is 2.67 bits per heavy atom. The summed E-state index contributed by atoms with van der Waals surface area (Å²) in [4.78, 5) is 0. The summed E-state index contributed by atoms with van der Waals surface area (Å²) in [6.07, 6.45) is 5.58. The van der Waals surface area contributed by atoms with Crippen molar-refractivity contribution in [2.75, 3.05) is 6.54 Å². The van der Waals surface area contributed by atoms with Crippen molar-refractivity contribution < 1.29 is 0 Å². The summed E-state index contributed by atoms with van der Waals surface area (Å²) in [5.74, 6) is 1.78. The molecular formula is C8H17N. The minimum atomic E-state index is 0.841. The Morgan fingerprint density at radius 2 is 2.22 bits per heavy atom. The highest BCUT2D eigenvalue weighted by molar-refractivity contribution is 4.70. The number of nitrogens with two attached hydrogens (primary N) is 1. The first-order chi connectivity index (χ1) is 4.33. The molecule has 0 amide bonds. The Kier molecular flexibility index (Phi) is 2.52. The first-order valence-corrected chi connectivity index (χ1v) is 4.03. The average molecular weight is 127 g/mol. The second-order valence-corrected chi connectivity index (χ2v) is 3.37. The van der Waals surface area contributed by atoms with Crippen LogP contribution in [0.2, 0.25) is 0 Å². The quantitative estimate of drug-likeness (QED) is 0.570. The fourth-order valence-electron chi connectivity index (χ4n) is 1.77. The summed E-state index contributed by atoms with van der Waals surface area (Å²) in [6, 6.07) is 0. The highest BCUT2D eigenvalue weighted by Gasteiger charge is 2.16. The normalized spacial score (nSPS) is 36.7. The third-order valence-electron chi connectivity index (χ3n) is 2.38. The lowest BCUT2D eigenvalue weighted by molar-refractivity contribution is 0.288. The molecule has 0 aromatic rings. The molecule has 1 aliphatic carbocycles. The van der Waals surface area contributed by atoms with E-state index in [0.29, 0.717) is 0 Å². The molecule has 0 aromatic heterocycles. The van der Waals surface area contributed by atoms with Crippen LogP contribution < -0.4 is 5.73 Å².